The van der Waals surface area contributed by atoms with Gasteiger partial charge in [0, 0.05) is 6.20 Å². The second-order valence-electron chi connectivity index (χ2n) is 3.16. The Balaban J connectivity index is 2.08. The highest BCUT2D eigenvalue weighted by Gasteiger charge is 2.09. The monoisotopic (exact) mass is 230 g/mol. The Morgan fingerprint density at radius 3 is 2.41 bits per heavy atom. The molecule has 86 valence electrons. The van der Waals surface area contributed by atoms with Crippen LogP contribution in [0.5, 0.6) is 11.5 Å². The molecule has 0 amide bonds. The van der Waals surface area contributed by atoms with Gasteiger partial charge >= 0.3 is 5.97 Å². The lowest BCUT2D eigenvalue weighted by Gasteiger charge is -2.04. The first kappa shape index (κ1) is 11.1. The van der Waals surface area contributed by atoms with Crippen LogP contribution in [0.4, 0.5) is 0 Å². The summed E-state index contributed by atoms with van der Waals surface area (Å²) in [4.78, 5) is 19.1. The van der Waals surface area contributed by atoms with Crippen molar-refractivity contribution in [3.8, 4) is 11.5 Å². The summed E-state index contributed by atoms with van der Waals surface area (Å²) < 4.78 is 10.1. The summed E-state index contributed by atoms with van der Waals surface area (Å²) in [5.74, 6) is 0.624. The van der Waals surface area contributed by atoms with Gasteiger partial charge in [-0.1, -0.05) is 0 Å². The number of benzene rings is 1. The number of carbonyl (C=O) groups is 1. The molecule has 2 rings (SSSR count). The van der Waals surface area contributed by atoms with Crippen molar-refractivity contribution in [1.82, 2.24) is 9.97 Å². The average molecular weight is 230 g/mol. The summed E-state index contributed by atoms with van der Waals surface area (Å²) in [6.07, 6.45) is 2.78. The number of hydrogen-bond acceptors (Lipinski definition) is 5. The molecule has 5 heteroatoms. The van der Waals surface area contributed by atoms with E-state index in [1.165, 1.54) is 18.6 Å². The van der Waals surface area contributed by atoms with Crippen LogP contribution >= 0.6 is 0 Å². The van der Waals surface area contributed by atoms with Crippen LogP contribution < -0.4 is 9.47 Å². The number of nitrogens with zero attached hydrogens (tertiary/aromatic N) is 2. The van der Waals surface area contributed by atoms with Gasteiger partial charge in [-0.3, -0.25) is 0 Å². The lowest BCUT2D eigenvalue weighted by Crippen LogP contribution is -2.10. The van der Waals surface area contributed by atoms with Crippen molar-refractivity contribution >= 4 is 5.97 Å². The third-order valence-electron chi connectivity index (χ3n) is 2.06. The molecule has 0 fully saturated rings. The zero-order valence-corrected chi connectivity index (χ0v) is 9.16. The maximum atomic E-state index is 11.6. The number of ether oxygens (including phenoxy) is 2. The van der Waals surface area contributed by atoms with Gasteiger partial charge in [0.2, 0.25) is 0 Å². The molecule has 0 aliphatic heterocycles. The minimum Gasteiger partial charge on any atom is -0.497 e. The van der Waals surface area contributed by atoms with Crippen LogP contribution in [-0.2, 0) is 0 Å². The molecule has 0 atom stereocenters. The molecule has 5 nitrogen and oxygen atoms in total. The van der Waals surface area contributed by atoms with Gasteiger partial charge in [0.25, 0.3) is 0 Å². The van der Waals surface area contributed by atoms with E-state index in [9.17, 15) is 4.79 Å². The highest BCUT2D eigenvalue weighted by molar-refractivity contribution is 5.88. The zero-order valence-electron chi connectivity index (χ0n) is 9.16. The van der Waals surface area contributed by atoms with Gasteiger partial charge in [0.1, 0.15) is 17.8 Å². The molecule has 17 heavy (non-hydrogen) atoms. The lowest BCUT2D eigenvalue weighted by atomic mass is 10.3. The first-order chi connectivity index (χ1) is 8.29. The summed E-state index contributed by atoms with van der Waals surface area (Å²) in [5, 5.41) is 0. The van der Waals surface area contributed by atoms with E-state index < -0.39 is 5.97 Å². The van der Waals surface area contributed by atoms with E-state index in [0.29, 0.717) is 11.5 Å². The van der Waals surface area contributed by atoms with Gasteiger partial charge in [-0.15, -0.1) is 0 Å². The standard InChI is InChI=1S/C12H10N2O3/c1-16-9-2-4-10(5-3-9)17-12(15)11-6-7-13-8-14-11/h2-8H,1H3. The van der Waals surface area contributed by atoms with Gasteiger partial charge in [-0.25, -0.2) is 14.8 Å². The Hall–Kier alpha value is -2.43. The molecule has 1 heterocycles. The van der Waals surface area contributed by atoms with Crippen molar-refractivity contribution in [2.75, 3.05) is 7.11 Å². The third kappa shape index (κ3) is 2.78. The van der Waals surface area contributed by atoms with E-state index in [1.807, 2.05) is 0 Å². The van der Waals surface area contributed by atoms with Crippen molar-refractivity contribution in [2.24, 2.45) is 0 Å². The fourth-order valence-corrected chi connectivity index (χ4v) is 1.21. The Morgan fingerprint density at radius 2 is 1.82 bits per heavy atom. The van der Waals surface area contributed by atoms with Crippen molar-refractivity contribution in [2.45, 2.75) is 0 Å². The molecule has 0 spiro atoms. The molecule has 0 radical (unpaired) electrons. The molecule has 1 aromatic carbocycles. The van der Waals surface area contributed by atoms with E-state index in [1.54, 1.807) is 31.4 Å². The molecule has 0 aliphatic carbocycles. The zero-order chi connectivity index (χ0) is 12.1. The van der Waals surface area contributed by atoms with E-state index >= 15 is 0 Å². The Labute approximate surface area is 98.0 Å². The first-order valence-electron chi connectivity index (χ1n) is 4.92. The second kappa shape index (κ2) is 5.07. The van der Waals surface area contributed by atoms with Gasteiger partial charge in [-0.05, 0) is 30.3 Å². The molecule has 1 aromatic heterocycles. The highest BCUT2D eigenvalue weighted by atomic mass is 16.5. The maximum absolute atomic E-state index is 11.6. The SMILES string of the molecule is COc1ccc(OC(=O)c2ccncn2)cc1. The normalized spacial score (nSPS) is 9.71. The van der Waals surface area contributed by atoms with Crippen LogP contribution in [0.1, 0.15) is 10.5 Å². The lowest BCUT2D eigenvalue weighted by molar-refractivity contribution is 0.0728. The predicted octanol–water partition coefficient (Wildman–Crippen LogP) is 1.70. The van der Waals surface area contributed by atoms with E-state index in [-0.39, 0.29) is 5.69 Å². The number of hydrogen-bond donors (Lipinski definition) is 0. The van der Waals surface area contributed by atoms with Crippen molar-refractivity contribution in [1.29, 1.82) is 0 Å². The van der Waals surface area contributed by atoms with Crippen molar-refractivity contribution in [3.05, 3.63) is 48.5 Å². The van der Waals surface area contributed by atoms with Crippen LogP contribution in [-0.4, -0.2) is 23.0 Å². The van der Waals surface area contributed by atoms with Crippen molar-refractivity contribution in [3.63, 3.8) is 0 Å². The predicted molar refractivity (Wildman–Crippen MR) is 60.0 cm³/mol. The van der Waals surface area contributed by atoms with Gasteiger partial charge in [-0.2, -0.15) is 0 Å². The summed E-state index contributed by atoms with van der Waals surface area (Å²) >= 11 is 0. The summed E-state index contributed by atoms with van der Waals surface area (Å²) in [6, 6.07) is 8.22. The van der Waals surface area contributed by atoms with Crippen LogP contribution in [0.15, 0.2) is 42.9 Å². The third-order valence-corrected chi connectivity index (χ3v) is 2.06. The number of carbonyl (C=O) groups excluding carboxylic acids is 1. The molecule has 0 aliphatic rings. The number of aromatic nitrogens is 2. The number of rotatable bonds is 3. The topological polar surface area (TPSA) is 61.3 Å². The Kier molecular flexibility index (Phi) is 3.30. The molecule has 0 saturated carbocycles. The fraction of sp³-hybridized carbons (Fsp3) is 0.0833. The number of methoxy groups -OCH3 is 1. The minimum atomic E-state index is -0.516. The van der Waals surface area contributed by atoms with E-state index in [0.717, 1.165) is 0 Å². The largest absolute Gasteiger partial charge is 0.497 e. The summed E-state index contributed by atoms with van der Waals surface area (Å²) in [6.45, 7) is 0. The van der Waals surface area contributed by atoms with E-state index in [2.05, 4.69) is 9.97 Å². The molecular weight excluding hydrogens is 220 g/mol. The smallest absolute Gasteiger partial charge is 0.362 e. The molecular formula is C12H10N2O3. The second-order valence-corrected chi connectivity index (χ2v) is 3.16. The maximum Gasteiger partial charge on any atom is 0.362 e. The van der Waals surface area contributed by atoms with Gasteiger partial charge < -0.3 is 9.47 Å². The molecule has 0 unspecified atom stereocenters. The van der Waals surface area contributed by atoms with Crippen LogP contribution in [0.2, 0.25) is 0 Å². The van der Waals surface area contributed by atoms with Crippen molar-refractivity contribution < 1.29 is 14.3 Å². The Morgan fingerprint density at radius 1 is 1.12 bits per heavy atom. The van der Waals surface area contributed by atoms with Crippen LogP contribution in [0.25, 0.3) is 0 Å². The van der Waals surface area contributed by atoms with E-state index in [4.69, 9.17) is 9.47 Å². The molecule has 0 saturated heterocycles. The average Bonchev–Trinajstić information content (AvgIpc) is 2.40. The summed E-state index contributed by atoms with van der Waals surface area (Å²) in [5.41, 5.74) is 0.218. The quantitative estimate of drug-likeness (QED) is 0.593. The Bertz CT molecular complexity index is 497. The van der Waals surface area contributed by atoms with Crippen LogP contribution in [0, 0.1) is 0 Å². The van der Waals surface area contributed by atoms with Gasteiger partial charge in [0.05, 0.1) is 7.11 Å². The minimum absolute atomic E-state index is 0.218. The molecule has 0 N–H and O–H groups in total. The highest BCUT2D eigenvalue weighted by Crippen LogP contribution is 2.17. The molecule has 2 aromatic rings. The van der Waals surface area contributed by atoms with Gasteiger partial charge in [0.15, 0.2) is 5.69 Å². The first-order valence-corrected chi connectivity index (χ1v) is 4.92. The molecule has 0 bridgehead atoms. The van der Waals surface area contributed by atoms with Crippen LogP contribution in [0.3, 0.4) is 0 Å². The summed E-state index contributed by atoms with van der Waals surface area (Å²) in [7, 11) is 1.57. The number of esters is 1. The fourth-order valence-electron chi connectivity index (χ4n) is 1.21.